The van der Waals surface area contributed by atoms with Crippen molar-refractivity contribution in [1.82, 2.24) is 0 Å². The molecule has 0 radical (unpaired) electrons. The number of rotatable bonds is 5. The highest BCUT2D eigenvalue weighted by molar-refractivity contribution is 6.30. The molecule has 4 aromatic rings. The summed E-state index contributed by atoms with van der Waals surface area (Å²) in [6.45, 7) is 0.233. The minimum absolute atomic E-state index is 0.190. The summed E-state index contributed by atoms with van der Waals surface area (Å²) >= 11 is 5.91. The normalized spacial score (nSPS) is 10.9. The fraction of sp³-hybridized carbons (Fsp3) is 0.0455. The maximum atomic E-state index is 14.0. The Balaban J connectivity index is 1.74. The van der Waals surface area contributed by atoms with Crippen molar-refractivity contribution in [3.05, 3.63) is 101 Å². The van der Waals surface area contributed by atoms with Crippen LogP contribution in [0, 0.1) is 5.82 Å². The number of carbonyl (C=O) groups is 1. The van der Waals surface area contributed by atoms with Crippen LogP contribution in [0.1, 0.15) is 21.7 Å². The van der Waals surface area contributed by atoms with Crippen LogP contribution < -0.4 is 5.32 Å². The zero-order valence-corrected chi connectivity index (χ0v) is 15.0. The van der Waals surface area contributed by atoms with Gasteiger partial charge in [-0.15, -0.1) is 0 Å². The van der Waals surface area contributed by atoms with Gasteiger partial charge in [0.1, 0.15) is 11.4 Å². The Morgan fingerprint density at radius 1 is 0.963 bits per heavy atom. The molecule has 0 saturated carbocycles. The zero-order chi connectivity index (χ0) is 18.8. The van der Waals surface area contributed by atoms with Crippen molar-refractivity contribution >= 4 is 34.0 Å². The molecule has 0 unspecified atom stereocenters. The highest BCUT2D eigenvalue weighted by Crippen LogP contribution is 2.33. The second kappa shape index (κ2) is 7.25. The third-order valence-electron chi connectivity index (χ3n) is 4.32. The van der Waals surface area contributed by atoms with Crippen molar-refractivity contribution in [3.8, 4) is 0 Å². The monoisotopic (exact) mass is 379 g/mol. The van der Waals surface area contributed by atoms with Gasteiger partial charge in [-0.05, 0) is 42.5 Å². The molecule has 134 valence electrons. The lowest BCUT2D eigenvalue weighted by molar-refractivity contribution is 0.101. The molecule has 4 rings (SSSR count). The van der Waals surface area contributed by atoms with Crippen LogP contribution in [-0.4, -0.2) is 5.78 Å². The minimum Gasteiger partial charge on any atom is -0.450 e. The molecule has 0 amide bonds. The molecule has 3 aromatic carbocycles. The second-order valence-corrected chi connectivity index (χ2v) is 6.52. The number of para-hydroxylation sites is 1. The summed E-state index contributed by atoms with van der Waals surface area (Å²) in [5.41, 5.74) is 2.11. The summed E-state index contributed by atoms with van der Waals surface area (Å²) in [6.07, 6.45) is 0. The van der Waals surface area contributed by atoms with Crippen molar-refractivity contribution in [2.75, 3.05) is 5.32 Å². The van der Waals surface area contributed by atoms with Crippen molar-refractivity contribution in [2.24, 2.45) is 0 Å². The number of hydrogen-bond acceptors (Lipinski definition) is 3. The number of hydrogen-bond donors (Lipinski definition) is 1. The Kier molecular flexibility index (Phi) is 4.65. The topological polar surface area (TPSA) is 42.2 Å². The summed E-state index contributed by atoms with van der Waals surface area (Å²) in [5, 5.41) is 4.49. The van der Waals surface area contributed by atoms with E-state index < -0.39 is 0 Å². The van der Waals surface area contributed by atoms with Gasteiger partial charge in [-0.3, -0.25) is 4.79 Å². The average Bonchev–Trinajstić information content (AvgIpc) is 3.06. The van der Waals surface area contributed by atoms with Gasteiger partial charge >= 0.3 is 0 Å². The number of nitrogens with one attached hydrogen (secondary N) is 1. The summed E-state index contributed by atoms with van der Waals surface area (Å²) in [6, 6.07) is 20.5. The van der Waals surface area contributed by atoms with Crippen LogP contribution >= 0.6 is 11.6 Å². The van der Waals surface area contributed by atoms with E-state index in [-0.39, 0.29) is 23.9 Å². The lowest BCUT2D eigenvalue weighted by Crippen LogP contribution is -2.07. The van der Waals surface area contributed by atoms with E-state index in [4.69, 9.17) is 16.0 Å². The molecule has 1 aromatic heterocycles. The van der Waals surface area contributed by atoms with Crippen molar-refractivity contribution in [2.45, 2.75) is 6.54 Å². The zero-order valence-electron chi connectivity index (χ0n) is 14.2. The first-order valence-electron chi connectivity index (χ1n) is 8.42. The van der Waals surface area contributed by atoms with Gasteiger partial charge in [0.2, 0.25) is 5.78 Å². The number of halogens is 2. The van der Waals surface area contributed by atoms with E-state index in [1.54, 1.807) is 48.5 Å². The number of ketones is 1. The van der Waals surface area contributed by atoms with E-state index in [2.05, 4.69) is 5.32 Å². The van der Waals surface area contributed by atoms with Crippen LogP contribution in [0.3, 0.4) is 0 Å². The van der Waals surface area contributed by atoms with Gasteiger partial charge < -0.3 is 9.73 Å². The molecular weight excluding hydrogens is 365 g/mol. The van der Waals surface area contributed by atoms with Crippen LogP contribution in [0.5, 0.6) is 0 Å². The summed E-state index contributed by atoms with van der Waals surface area (Å²) in [4.78, 5) is 13.0. The van der Waals surface area contributed by atoms with Crippen LogP contribution in [0.2, 0.25) is 5.02 Å². The Labute approximate surface area is 160 Å². The molecule has 0 bridgehead atoms. The number of furan rings is 1. The molecule has 5 heteroatoms. The van der Waals surface area contributed by atoms with E-state index in [1.165, 1.54) is 6.07 Å². The first kappa shape index (κ1) is 17.3. The van der Waals surface area contributed by atoms with Crippen molar-refractivity contribution in [1.29, 1.82) is 0 Å². The van der Waals surface area contributed by atoms with Crippen molar-refractivity contribution < 1.29 is 13.6 Å². The predicted molar refractivity (Wildman–Crippen MR) is 105 cm³/mol. The van der Waals surface area contributed by atoms with Gasteiger partial charge in [-0.25, -0.2) is 4.39 Å². The van der Waals surface area contributed by atoms with Gasteiger partial charge in [0.15, 0.2) is 5.76 Å². The highest BCUT2D eigenvalue weighted by atomic mass is 35.5. The smallest absolute Gasteiger partial charge is 0.230 e. The third-order valence-corrected chi connectivity index (χ3v) is 4.57. The molecule has 1 N–H and O–H groups in total. The molecule has 27 heavy (non-hydrogen) atoms. The molecule has 0 aliphatic carbocycles. The summed E-state index contributed by atoms with van der Waals surface area (Å²) < 4.78 is 19.8. The standard InChI is InChI=1S/C22H15ClFNO2/c23-16-11-9-14(10-12-16)21(26)22-20(17-6-2-4-8-19(17)27-22)25-13-15-5-1-3-7-18(15)24/h1-12,25H,13H2. The maximum Gasteiger partial charge on any atom is 0.230 e. The number of benzene rings is 3. The van der Waals surface area contributed by atoms with Gasteiger partial charge in [0.25, 0.3) is 0 Å². The molecule has 0 aliphatic heterocycles. The second-order valence-electron chi connectivity index (χ2n) is 6.08. The molecule has 3 nitrogen and oxygen atoms in total. The van der Waals surface area contributed by atoms with E-state index in [9.17, 15) is 9.18 Å². The molecule has 1 heterocycles. The average molecular weight is 380 g/mol. The molecule has 0 spiro atoms. The molecule has 0 aliphatic rings. The fourth-order valence-corrected chi connectivity index (χ4v) is 3.06. The first-order valence-corrected chi connectivity index (χ1v) is 8.80. The van der Waals surface area contributed by atoms with E-state index in [1.807, 2.05) is 18.2 Å². The van der Waals surface area contributed by atoms with Gasteiger partial charge in [-0.1, -0.05) is 41.9 Å². The number of anilines is 1. The Bertz CT molecular complexity index is 1120. The number of fused-ring (bicyclic) bond motifs is 1. The van der Waals surface area contributed by atoms with Crippen LogP contribution in [0.15, 0.2) is 77.2 Å². The summed E-state index contributed by atoms with van der Waals surface area (Å²) in [5.74, 6) is -0.378. The van der Waals surface area contributed by atoms with Crippen molar-refractivity contribution in [3.63, 3.8) is 0 Å². The SMILES string of the molecule is O=C(c1ccc(Cl)cc1)c1oc2ccccc2c1NCc1ccccc1F. The maximum absolute atomic E-state index is 14.0. The van der Waals surface area contributed by atoms with Gasteiger partial charge in [0.05, 0.1) is 5.69 Å². The summed E-state index contributed by atoms with van der Waals surface area (Å²) in [7, 11) is 0. The van der Waals surface area contributed by atoms with Crippen LogP contribution in [0.25, 0.3) is 11.0 Å². The minimum atomic E-state index is -0.302. The quantitative estimate of drug-likeness (QED) is 0.428. The molecule has 0 atom stereocenters. The molecule has 0 fully saturated rings. The highest BCUT2D eigenvalue weighted by Gasteiger charge is 2.22. The lowest BCUT2D eigenvalue weighted by atomic mass is 10.1. The Hall–Kier alpha value is -3.11. The largest absolute Gasteiger partial charge is 0.450 e. The van der Waals surface area contributed by atoms with Crippen LogP contribution in [0.4, 0.5) is 10.1 Å². The molecule has 0 saturated heterocycles. The third kappa shape index (κ3) is 3.44. The van der Waals surface area contributed by atoms with E-state index >= 15 is 0 Å². The first-order chi connectivity index (χ1) is 13.1. The predicted octanol–water partition coefficient (Wildman–Crippen LogP) is 6.07. The van der Waals surface area contributed by atoms with Gasteiger partial charge in [-0.2, -0.15) is 0 Å². The molecular formula is C22H15ClFNO2. The Morgan fingerprint density at radius 3 is 2.44 bits per heavy atom. The van der Waals surface area contributed by atoms with Gasteiger partial charge in [0, 0.05) is 28.1 Å². The van der Waals surface area contributed by atoms with Crippen LogP contribution in [-0.2, 0) is 6.54 Å². The van der Waals surface area contributed by atoms with E-state index in [0.717, 1.165) is 5.39 Å². The van der Waals surface area contributed by atoms with E-state index in [0.29, 0.717) is 27.4 Å². The Morgan fingerprint density at radius 2 is 1.67 bits per heavy atom. The lowest BCUT2D eigenvalue weighted by Gasteiger charge is -2.08. The fourth-order valence-electron chi connectivity index (χ4n) is 2.94. The number of carbonyl (C=O) groups excluding carboxylic acids is 1.